The second kappa shape index (κ2) is 7.75. The van der Waals surface area contributed by atoms with Crippen molar-refractivity contribution in [2.45, 2.75) is 6.92 Å². The van der Waals surface area contributed by atoms with E-state index in [2.05, 4.69) is 21.2 Å². The first-order valence-electron chi connectivity index (χ1n) is 7.05. The molecule has 0 saturated carbocycles. The predicted octanol–water partition coefficient (Wildman–Crippen LogP) is 3.04. The summed E-state index contributed by atoms with van der Waals surface area (Å²) < 4.78 is 5.69. The molecule has 2 aromatic rings. The van der Waals surface area contributed by atoms with Crippen LogP contribution in [0.2, 0.25) is 0 Å². The molecule has 1 amide bonds. The normalized spacial score (nSPS) is 10.2. The van der Waals surface area contributed by atoms with E-state index < -0.39 is 23.4 Å². The standard InChI is InChI=1S/C16H14BrN3O5/c1-9-2-3-10(6-13(9)17)19-15(21)8-25-16(22)12-7-11(20(23)24)4-5-14(12)18/h2-7H,8,18H2,1H3,(H,19,21). The SMILES string of the molecule is Cc1ccc(NC(=O)COC(=O)c2cc([N+](=O)[O-])ccc2N)cc1Br. The number of anilines is 2. The van der Waals surface area contributed by atoms with E-state index in [4.69, 9.17) is 10.5 Å². The van der Waals surface area contributed by atoms with Gasteiger partial charge in [-0.3, -0.25) is 14.9 Å². The number of amides is 1. The van der Waals surface area contributed by atoms with Crippen molar-refractivity contribution in [3.63, 3.8) is 0 Å². The molecule has 3 N–H and O–H groups in total. The maximum Gasteiger partial charge on any atom is 0.341 e. The number of nitro benzene ring substituents is 1. The molecule has 0 heterocycles. The molecule has 25 heavy (non-hydrogen) atoms. The molecule has 130 valence electrons. The number of benzene rings is 2. The lowest BCUT2D eigenvalue weighted by Crippen LogP contribution is -2.21. The zero-order chi connectivity index (χ0) is 18.6. The first-order valence-corrected chi connectivity index (χ1v) is 7.84. The highest BCUT2D eigenvalue weighted by Crippen LogP contribution is 2.21. The molecule has 9 heteroatoms. The molecule has 0 atom stereocenters. The Morgan fingerprint density at radius 2 is 2.00 bits per heavy atom. The lowest BCUT2D eigenvalue weighted by molar-refractivity contribution is -0.384. The van der Waals surface area contributed by atoms with Gasteiger partial charge >= 0.3 is 5.97 Å². The molecule has 8 nitrogen and oxygen atoms in total. The Bertz CT molecular complexity index is 854. The first kappa shape index (κ1) is 18.4. The van der Waals surface area contributed by atoms with E-state index in [-0.39, 0.29) is 16.9 Å². The number of aryl methyl sites for hydroxylation is 1. The minimum atomic E-state index is -0.915. The number of non-ortho nitro benzene ring substituents is 1. The highest BCUT2D eigenvalue weighted by atomic mass is 79.9. The van der Waals surface area contributed by atoms with E-state index in [9.17, 15) is 19.7 Å². The smallest absolute Gasteiger partial charge is 0.341 e. The minimum Gasteiger partial charge on any atom is -0.452 e. The largest absolute Gasteiger partial charge is 0.452 e. The molecular formula is C16H14BrN3O5. The highest BCUT2D eigenvalue weighted by Gasteiger charge is 2.17. The number of nitro groups is 1. The van der Waals surface area contributed by atoms with E-state index in [1.807, 2.05) is 13.0 Å². The molecule has 0 bridgehead atoms. The summed E-state index contributed by atoms with van der Waals surface area (Å²) in [6.07, 6.45) is 0. The number of hydrogen-bond donors (Lipinski definition) is 2. The highest BCUT2D eigenvalue weighted by molar-refractivity contribution is 9.10. The van der Waals surface area contributed by atoms with Crippen molar-refractivity contribution in [3.8, 4) is 0 Å². The van der Waals surface area contributed by atoms with Crippen molar-refractivity contribution in [1.82, 2.24) is 0 Å². The van der Waals surface area contributed by atoms with Crippen LogP contribution >= 0.6 is 15.9 Å². The fourth-order valence-electron chi connectivity index (χ4n) is 1.91. The number of hydrogen-bond acceptors (Lipinski definition) is 6. The van der Waals surface area contributed by atoms with Crippen LogP contribution < -0.4 is 11.1 Å². The predicted molar refractivity (Wildman–Crippen MR) is 95.3 cm³/mol. The van der Waals surface area contributed by atoms with Crippen LogP contribution in [0.1, 0.15) is 15.9 Å². The molecule has 0 aromatic heterocycles. The van der Waals surface area contributed by atoms with Crippen LogP contribution in [0.25, 0.3) is 0 Å². The van der Waals surface area contributed by atoms with Gasteiger partial charge in [-0.1, -0.05) is 22.0 Å². The fourth-order valence-corrected chi connectivity index (χ4v) is 2.29. The van der Waals surface area contributed by atoms with Gasteiger partial charge in [0.1, 0.15) is 0 Å². The van der Waals surface area contributed by atoms with Crippen LogP contribution in [0.3, 0.4) is 0 Å². The Morgan fingerprint density at radius 3 is 2.64 bits per heavy atom. The van der Waals surface area contributed by atoms with Gasteiger partial charge in [0, 0.05) is 28.0 Å². The number of nitrogens with zero attached hydrogens (tertiary/aromatic N) is 1. The molecule has 0 saturated heterocycles. The Morgan fingerprint density at radius 1 is 1.28 bits per heavy atom. The van der Waals surface area contributed by atoms with Crippen molar-refractivity contribution in [1.29, 1.82) is 0 Å². The molecule has 0 fully saturated rings. The van der Waals surface area contributed by atoms with Gasteiger partial charge in [-0.15, -0.1) is 0 Å². The Balaban J connectivity index is 1.99. The minimum absolute atomic E-state index is 0.0264. The van der Waals surface area contributed by atoms with Crippen LogP contribution in [0.4, 0.5) is 17.1 Å². The lowest BCUT2D eigenvalue weighted by atomic mass is 10.1. The monoisotopic (exact) mass is 407 g/mol. The quantitative estimate of drug-likeness (QED) is 0.339. The summed E-state index contributed by atoms with van der Waals surface area (Å²) in [4.78, 5) is 33.9. The van der Waals surface area contributed by atoms with Gasteiger partial charge in [-0.25, -0.2) is 4.79 Å². The fraction of sp³-hybridized carbons (Fsp3) is 0.125. The van der Waals surface area contributed by atoms with Crippen molar-refractivity contribution in [2.75, 3.05) is 17.7 Å². The molecule has 0 unspecified atom stereocenters. The van der Waals surface area contributed by atoms with Crippen LogP contribution in [0, 0.1) is 17.0 Å². The van der Waals surface area contributed by atoms with Crippen LogP contribution in [0.5, 0.6) is 0 Å². The summed E-state index contributed by atoms with van der Waals surface area (Å²) in [6.45, 7) is 1.35. The maximum atomic E-state index is 12.0. The summed E-state index contributed by atoms with van der Waals surface area (Å²) in [5, 5.41) is 13.3. The van der Waals surface area contributed by atoms with Crippen LogP contribution in [-0.4, -0.2) is 23.4 Å². The third-order valence-corrected chi connectivity index (χ3v) is 4.11. The zero-order valence-corrected chi connectivity index (χ0v) is 14.7. The summed E-state index contributed by atoms with van der Waals surface area (Å²) in [5.41, 5.74) is 6.73. The van der Waals surface area contributed by atoms with Gasteiger partial charge < -0.3 is 15.8 Å². The van der Waals surface area contributed by atoms with E-state index in [1.165, 1.54) is 12.1 Å². The third-order valence-electron chi connectivity index (χ3n) is 3.26. The number of nitrogens with two attached hydrogens (primary N) is 1. The van der Waals surface area contributed by atoms with Gasteiger partial charge in [-0.05, 0) is 30.7 Å². The lowest BCUT2D eigenvalue weighted by Gasteiger charge is -2.09. The van der Waals surface area contributed by atoms with Crippen LogP contribution in [0.15, 0.2) is 40.9 Å². The van der Waals surface area contributed by atoms with Crippen molar-refractivity contribution in [3.05, 3.63) is 62.1 Å². The summed E-state index contributed by atoms with van der Waals surface area (Å²) >= 11 is 3.35. The number of carbonyl (C=O) groups excluding carboxylic acids is 2. The number of carbonyl (C=O) groups is 2. The van der Waals surface area contributed by atoms with Crippen LogP contribution in [-0.2, 0) is 9.53 Å². The van der Waals surface area contributed by atoms with E-state index in [0.29, 0.717) is 5.69 Å². The average Bonchev–Trinajstić information content (AvgIpc) is 2.56. The van der Waals surface area contributed by atoms with E-state index in [0.717, 1.165) is 16.1 Å². The average molecular weight is 408 g/mol. The third kappa shape index (κ3) is 4.77. The molecule has 0 aliphatic heterocycles. The molecule has 2 rings (SSSR count). The number of ether oxygens (including phenoxy) is 1. The van der Waals surface area contributed by atoms with Crippen molar-refractivity contribution < 1.29 is 19.2 Å². The second-order valence-electron chi connectivity index (χ2n) is 5.12. The molecule has 0 spiro atoms. The Hall–Kier alpha value is -2.94. The van der Waals surface area contributed by atoms with Gasteiger partial charge in [0.05, 0.1) is 10.5 Å². The van der Waals surface area contributed by atoms with E-state index in [1.54, 1.807) is 12.1 Å². The van der Waals surface area contributed by atoms with Gasteiger partial charge in [0.15, 0.2) is 6.61 Å². The summed E-state index contributed by atoms with van der Waals surface area (Å²) in [7, 11) is 0. The first-order chi connectivity index (χ1) is 11.8. The van der Waals surface area contributed by atoms with E-state index >= 15 is 0 Å². The second-order valence-corrected chi connectivity index (χ2v) is 5.97. The molecule has 0 aliphatic rings. The maximum absolute atomic E-state index is 12.0. The number of rotatable bonds is 5. The zero-order valence-electron chi connectivity index (χ0n) is 13.1. The molecule has 0 aliphatic carbocycles. The number of halogens is 1. The van der Waals surface area contributed by atoms with Gasteiger partial charge in [0.2, 0.25) is 0 Å². The van der Waals surface area contributed by atoms with Crippen molar-refractivity contribution in [2.24, 2.45) is 0 Å². The molecule has 0 radical (unpaired) electrons. The Kier molecular flexibility index (Phi) is 5.71. The number of nitrogens with one attached hydrogen (secondary N) is 1. The number of nitrogen functional groups attached to an aromatic ring is 1. The molecule has 2 aromatic carbocycles. The summed E-state index contributed by atoms with van der Waals surface area (Å²) in [6, 6.07) is 8.65. The molecular weight excluding hydrogens is 394 g/mol. The number of esters is 1. The van der Waals surface area contributed by atoms with Gasteiger partial charge in [0.25, 0.3) is 11.6 Å². The summed E-state index contributed by atoms with van der Waals surface area (Å²) in [5.74, 6) is -1.46. The van der Waals surface area contributed by atoms with Crippen molar-refractivity contribution >= 4 is 44.9 Å². The van der Waals surface area contributed by atoms with Gasteiger partial charge in [-0.2, -0.15) is 0 Å². The topological polar surface area (TPSA) is 125 Å². The Labute approximate surface area is 151 Å².